The third kappa shape index (κ3) is 4.18. The molecule has 0 amide bonds. The van der Waals surface area contributed by atoms with Crippen molar-refractivity contribution in [1.82, 2.24) is 5.32 Å². The molecule has 0 heterocycles. The topological polar surface area (TPSA) is 70.6 Å². The molecule has 4 N–H and O–H groups in total. The van der Waals surface area contributed by atoms with Crippen LogP contribution in [0.2, 0.25) is 0 Å². The van der Waals surface area contributed by atoms with Crippen LogP contribution < -0.4 is 11.1 Å². The smallest absolute Gasteiger partial charge is 0.170 e. The van der Waals surface area contributed by atoms with Crippen LogP contribution in [0.25, 0.3) is 0 Å². The Labute approximate surface area is 106 Å². The fourth-order valence-corrected chi connectivity index (χ4v) is 1.39. The highest BCUT2D eigenvalue weighted by molar-refractivity contribution is 5.97. The molecule has 0 unspecified atom stereocenters. The summed E-state index contributed by atoms with van der Waals surface area (Å²) in [4.78, 5) is 0. The van der Waals surface area contributed by atoms with Gasteiger partial charge in [0.15, 0.2) is 5.84 Å². The van der Waals surface area contributed by atoms with Crippen molar-refractivity contribution in [3.05, 3.63) is 46.8 Å². The molecule has 0 bridgehead atoms. The predicted octanol–water partition coefficient (Wildman–Crippen LogP) is 1.98. The van der Waals surface area contributed by atoms with E-state index in [1.165, 1.54) is 11.6 Å². The van der Waals surface area contributed by atoms with Gasteiger partial charge in [0.25, 0.3) is 0 Å². The first-order valence-electron chi connectivity index (χ1n) is 5.65. The van der Waals surface area contributed by atoms with Crippen LogP contribution in [0.15, 0.2) is 35.0 Å². The zero-order chi connectivity index (χ0) is 13.5. The number of rotatable bonds is 5. The van der Waals surface area contributed by atoms with E-state index in [0.717, 1.165) is 0 Å². The molecule has 4 nitrogen and oxygen atoms in total. The number of hydrogen-bond acceptors (Lipinski definition) is 3. The molecule has 0 fully saturated rings. The third-order valence-corrected chi connectivity index (χ3v) is 2.43. The van der Waals surface area contributed by atoms with Gasteiger partial charge in [0, 0.05) is 24.2 Å². The lowest BCUT2D eigenvalue weighted by atomic mass is 10.1. The van der Waals surface area contributed by atoms with Gasteiger partial charge >= 0.3 is 0 Å². The van der Waals surface area contributed by atoms with Gasteiger partial charge in [-0.25, -0.2) is 4.39 Å². The minimum atomic E-state index is -0.371. The SMILES string of the molecule is CC(C)=CCNCc1ccc(/C(N)=N/O)cc1F. The molecule has 0 saturated heterocycles. The number of nitrogens with two attached hydrogens (primary N) is 1. The summed E-state index contributed by atoms with van der Waals surface area (Å²) in [5.74, 6) is -0.471. The van der Waals surface area contributed by atoms with E-state index in [2.05, 4.69) is 10.5 Å². The van der Waals surface area contributed by atoms with Gasteiger partial charge in [-0.1, -0.05) is 28.9 Å². The Balaban J connectivity index is 2.66. The summed E-state index contributed by atoms with van der Waals surface area (Å²) in [5.41, 5.74) is 7.50. The van der Waals surface area contributed by atoms with E-state index in [1.807, 2.05) is 19.9 Å². The average molecular weight is 251 g/mol. The molecule has 0 spiro atoms. The summed E-state index contributed by atoms with van der Waals surface area (Å²) in [6.07, 6.45) is 2.03. The highest BCUT2D eigenvalue weighted by Gasteiger charge is 2.05. The number of oxime groups is 1. The van der Waals surface area contributed by atoms with Gasteiger partial charge < -0.3 is 16.3 Å². The minimum Gasteiger partial charge on any atom is -0.409 e. The highest BCUT2D eigenvalue weighted by Crippen LogP contribution is 2.10. The maximum atomic E-state index is 13.7. The van der Waals surface area contributed by atoms with Crippen LogP contribution in [0.3, 0.4) is 0 Å². The minimum absolute atomic E-state index is 0.0991. The van der Waals surface area contributed by atoms with Crippen LogP contribution in [0, 0.1) is 5.82 Å². The molecule has 0 atom stereocenters. The normalized spacial score (nSPS) is 11.4. The summed E-state index contributed by atoms with van der Waals surface area (Å²) in [5, 5.41) is 14.4. The van der Waals surface area contributed by atoms with Gasteiger partial charge in [0.2, 0.25) is 0 Å². The van der Waals surface area contributed by atoms with E-state index in [1.54, 1.807) is 12.1 Å². The number of amidine groups is 1. The lowest BCUT2D eigenvalue weighted by molar-refractivity contribution is 0.318. The highest BCUT2D eigenvalue weighted by atomic mass is 19.1. The zero-order valence-electron chi connectivity index (χ0n) is 10.6. The molecule has 98 valence electrons. The molecular formula is C13H18FN3O. The Morgan fingerprint density at radius 2 is 2.22 bits per heavy atom. The van der Waals surface area contributed by atoms with Crippen LogP contribution in [0.4, 0.5) is 4.39 Å². The van der Waals surface area contributed by atoms with Crippen molar-refractivity contribution in [3.8, 4) is 0 Å². The lowest BCUT2D eigenvalue weighted by Crippen LogP contribution is -2.16. The van der Waals surface area contributed by atoms with Crippen molar-refractivity contribution in [1.29, 1.82) is 0 Å². The molecule has 1 aromatic rings. The molecule has 0 saturated carbocycles. The van der Waals surface area contributed by atoms with Gasteiger partial charge in [-0.15, -0.1) is 0 Å². The molecule has 0 aliphatic carbocycles. The van der Waals surface area contributed by atoms with Crippen molar-refractivity contribution < 1.29 is 9.60 Å². The number of nitrogens with zero attached hydrogens (tertiary/aromatic N) is 1. The molecule has 1 aromatic carbocycles. The molecule has 0 aromatic heterocycles. The lowest BCUT2D eigenvalue weighted by Gasteiger charge is -2.06. The quantitative estimate of drug-likeness (QED) is 0.187. The second-order valence-electron chi connectivity index (χ2n) is 4.20. The van der Waals surface area contributed by atoms with Gasteiger partial charge in [-0.3, -0.25) is 0 Å². The standard InChI is InChI=1S/C13H18FN3O/c1-9(2)5-6-16-8-11-4-3-10(7-12(11)14)13(15)17-18/h3-5,7,16,18H,6,8H2,1-2H3,(H2,15,17). The molecule has 18 heavy (non-hydrogen) atoms. The molecule has 1 rings (SSSR count). The summed E-state index contributed by atoms with van der Waals surface area (Å²) >= 11 is 0. The number of benzene rings is 1. The first-order valence-corrected chi connectivity index (χ1v) is 5.65. The fraction of sp³-hybridized carbons (Fsp3) is 0.308. The molecule has 0 aliphatic heterocycles. The number of halogens is 1. The van der Waals surface area contributed by atoms with Crippen molar-refractivity contribution in [2.75, 3.05) is 6.54 Å². The van der Waals surface area contributed by atoms with Crippen molar-refractivity contribution in [2.24, 2.45) is 10.9 Å². The molecule has 5 heteroatoms. The Kier molecular flexibility index (Phi) is 5.32. The van der Waals surface area contributed by atoms with Gasteiger partial charge in [0.05, 0.1) is 0 Å². The Hall–Kier alpha value is -1.88. The van der Waals surface area contributed by atoms with Crippen LogP contribution in [-0.4, -0.2) is 17.6 Å². The average Bonchev–Trinajstić information content (AvgIpc) is 2.34. The molecule has 0 aliphatic rings. The third-order valence-electron chi connectivity index (χ3n) is 2.43. The summed E-state index contributed by atoms with van der Waals surface area (Å²) < 4.78 is 13.7. The predicted molar refractivity (Wildman–Crippen MR) is 70.0 cm³/mol. The summed E-state index contributed by atoms with van der Waals surface area (Å²) in [7, 11) is 0. The van der Waals surface area contributed by atoms with Crippen LogP contribution in [0.1, 0.15) is 25.0 Å². The van der Waals surface area contributed by atoms with Crippen molar-refractivity contribution >= 4 is 5.84 Å². The fourth-order valence-electron chi connectivity index (χ4n) is 1.39. The molecule has 0 radical (unpaired) electrons. The zero-order valence-corrected chi connectivity index (χ0v) is 10.6. The monoisotopic (exact) mass is 251 g/mol. The van der Waals surface area contributed by atoms with Crippen LogP contribution in [-0.2, 0) is 6.54 Å². The maximum absolute atomic E-state index is 13.7. The second-order valence-corrected chi connectivity index (χ2v) is 4.20. The molecular weight excluding hydrogens is 233 g/mol. The van der Waals surface area contributed by atoms with E-state index in [0.29, 0.717) is 24.2 Å². The van der Waals surface area contributed by atoms with Gasteiger partial charge in [-0.05, 0) is 19.9 Å². The number of nitrogens with one attached hydrogen (secondary N) is 1. The number of hydrogen-bond donors (Lipinski definition) is 3. The summed E-state index contributed by atoms with van der Waals surface area (Å²) in [6.45, 7) is 5.15. The first kappa shape index (κ1) is 14.2. The Bertz CT molecular complexity index is 465. The van der Waals surface area contributed by atoms with E-state index in [9.17, 15) is 4.39 Å². The van der Waals surface area contributed by atoms with E-state index >= 15 is 0 Å². The summed E-state index contributed by atoms with van der Waals surface area (Å²) in [6, 6.07) is 4.50. The van der Waals surface area contributed by atoms with Crippen LogP contribution >= 0.6 is 0 Å². The van der Waals surface area contributed by atoms with Gasteiger partial charge in [0.1, 0.15) is 5.82 Å². The van der Waals surface area contributed by atoms with Crippen molar-refractivity contribution in [3.63, 3.8) is 0 Å². The van der Waals surface area contributed by atoms with E-state index < -0.39 is 0 Å². The first-order chi connectivity index (χ1) is 8.54. The second kappa shape index (κ2) is 6.76. The number of allylic oxidation sites excluding steroid dienone is 1. The Morgan fingerprint density at radius 3 is 2.78 bits per heavy atom. The van der Waals surface area contributed by atoms with Crippen molar-refractivity contribution in [2.45, 2.75) is 20.4 Å². The Morgan fingerprint density at radius 1 is 1.50 bits per heavy atom. The largest absolute Gasteiger partial charge is 0.409 e. The van der Waals surface area contributed by atoms with E-state index in [-0.39, 0.29) is 11.7 Å². The van der Waals surface area contributed by atoms with Gasteiger partial charge in [-0.2, -0.15) is 0 Å². The van der Waals surface area contributed by atoms with E-state index in [4.69, 9.17) is 10.9 Å². The maximum Gasteiger partial charge on any atom is 0.170 e. The van der Waals surface area contributed by atoms with Crippen LogP contribution in [0.5, 0.6) is 0 Å².